The van der Waals surface area contributed by atoms with Gasteiger partial charge in [0.15, 0.2) is 6.04 Å². The standard InChI is InChI=1S/C25H23N3O6/c29-21-13-12-19(27-22(30)17-9-4-5-10-18(17)23(27)31)24(32)28-20(11-6-14-26(21)28)25(33)34-15-16-7-2-1-3-8-16/h1-5,7-10,19-20H,6,11-15H2/t19-,20-/m0/s1. The van der Waals surface area contributed by atoms with Crippen LogP contribution in [0.25, 0.3) is 0 Å². The normalized spacial score (nSPS) is 22.4. The number of benzene rings is 2. The van der Waals surface area contributed by atoms with Gasteiger partial charge in [0.1, 0.15) is 12.6 Å². The van der Waals surface area contributed by atoms with E-state index in [0.29, 0.717) is 12.8 Å². The van der Waals surface area contributed by atoms with Crippen LogP contribution in [-0.2, 0) is 25.7 Å². The molecule has 3 aliphatic heterocycles. The van der Waals surface area contributed by atoms with Gasteiger partial charge >= 0.3 is 5.97 Å². The van der Waals surface area contributed by atoms with Crippen molar-refractivity contribution in [2.45, 2.75) is 44.4 Å². The van der Waals surface area contributed by atoms with Crippen molar-refractivity contribution in [2.75, 3.05) is 6.54 Å². The number of imide groups is 1. The molecule has 0 aliphatic carbocycles. The SMILES string of the molecule is O=C(OCc1ccccc1)[C@@H]1CCCN2C(=O)CC[C@H](N3C(=O)c4ccccc4C3=O)C(=O)N12. The molecule has 3 heterocycles. The predicted molar refractivity (Wildman–Crippen MR) is 118 cm³/mol. The van der Waals surface area contributed by atoms with E-state index in [4.69, 9.17) is 4.74 Å². The number of hydrogen-bond donors (Lipinski definition) is 0. The van der Waals surface area contributed by atoms with Gasteiger partial charge < -0.3 is 4.74 Å². The van der Waals surface area contributed by atoms with Crippen molar-refractivity contribution in [3.8, 4) is 0 Å². The molecular formula is C25H23N3O6. The molecule has 0 unspecified atom stereocenters. The van der Waals surface area contributed by atoms with Gasteiger partial charge in [0.2, 0.25) is 5.91 Å². The Labute approximate surface area is 195 Å². The van der Waals surface area contributed by atoms with Gasteiger partial charge in [-0.2, -0.15) is 0 Å². The second-order valence-corrected chi connectivity index (χ2v) is 8.53. The molecule has 34 heavy (non-hydrogen) atoms. The fourth-order valence-electron chi connectivity index (χ4n) is 4.79. The summed E-state index contributed by atoms with van der Waals surface area (Å²) < 4.78 is 5.48. The molecule has 2 aromatic rings. The minimum Gasteiger partial charge on any atom is -0.459 e. The smallest absolute Gasteiger partial charge is 0.331 e. The van der Waals surface area contributed by atoms with Crippen molar-refractivity contribution >= 4 is 29.6 Å². The number of hydrazine groups is 1. The van der Waals surface area contributed by atoms with Crippen molar-refractivity contribution in [1.82, 2.24) is 14.9 Å². The third-order valence-corrected chi connectivity index (χ3v) is 6.47. The van der Waals surface area contributed by atoms with Gasteiger partial charge in [-0.1, -0.05) is 42.5 Å². The lowest BCUT2D eigenvalue weighted by Crippen LogP contribution is -2.62. The van der Waals surface area contributed by atoms with Crippen LogP contribution in [0.1, 0.15) is 52.0 Å². The van der Waals surface area contributed by atoms with Gasteiger partial charge in [0.05, 0.1) is 11.1 Å². The highest BCUT2D eigenvalue weighted by atomic mass is 16.5. The molecule has 2 atom stereocenters. The second-order valence-electron chi connectivity index (χ2n) is 8.53. The van der Waals surface area contributed by atoms with E-state index in [1.807, 2.05) is 30.3 Å². The molecule has 5 rings (SSSR count). The molecule has 0 spiro atoms. The summed E-state index contributed by atoms with van der Waals surface area (Å²) in [4.78, 5) is 66.6. The number of esters is 1. The maximum absolute atomic E-state index is 13.7. The summed E-state index contributed by atoms with van der Waals surface area (Å²) in [7, 11) is 0. The van der Waals surface area contributed by atoms with E-state index in [1.54, 1.807) is 24.3 Å². The van der Waals surface area contributed by atoms with Crippen LogP contribution >= 0.6 is 0 Å². The summed E-state index contributed by atoms with van der Waals surface area (Å²) >= 11 is 0. The largest absolute Gasteiger partial charge is 0.459 e. The first-order valence-electron chi connectivity index (χ1n) is 11.3. The molecule has 9 nitrogen and oxygen atoms in total. The number of nitrogens with zero attached hydrogens (tertiary/aromatic N) is 3. The van der Waals surface area contributed by atoms with Crippen LogP contribution in [0.15, 0.2) is 54.6 Å². The summed E-state index contributed by atoms with van der Waals surface area (Å²) in [5.41, 5.74) is 1.25. The van der Waals surface area contributed by atoms with E-state index in [0.717, 1.165) is 15.5 Å². The number of ether oxygens (including phenoxy) is 1. The van der Waals surface area contributed by atoms with E-state index >= 15 is 0 Å². The number of carbonyl (C=O) groups excluding carboxylic acids is 5. The van der Waals surface area contributed by atoms with E-state index in [9.17, 15) is 24.0 Å². The lowest BCUT2D eigenvalue weighted by molar-refractivity contribution is -0.184. The minimum atomic E-state index is -1.18. The Morgan fingerprint density at radius 3 is 2.21 bits per heavy atom. The van der Waals surface area contributed by atoms with Gasteiger partial charge in [0.25, 0.3) is 17.7 Å². The van der Waals surface area contributed by atoms with E-state index < -0.39 is 35.8 Å². The average Bonchev–Trinajstić information content (AvgIpc) is 3.04. The number of amides is 4. The van der Waals surface area contributed by atoms with Gasteiger partial charge in [0, 0.05) is 13.0 Å². The van der Waals surface area contributed by atoms with Crippen LogP contribution in [0.3, 0.4) is 0 Å². The Morgan fingerprint density at radius 1 is 0.882 bits per heavy atom. The Bertz CT molecular complexity index is 1150. The maximum atomic E-state index is 13.7. The quantitative estimate of drug-likeness (QED) is 0.509. The van der Waals surface area contributed by atoms with E-state index in [1.165, 1.54) is 5.01 Å². The number of fused-ring (bicyclic) bond motifs is 2. The molecule has 174 valence electrons. The highest BCUT2D eigenvalue weighted by Crippen LogP contribution is 2.32. The zero-order valence-electron chi connectivity index (χ0n) is 18.4. The summed E-state index contributed by atoms with van der Waals surface area (Å²) in [6.07, 6.45) is 0.824. The Hall–Kier alpha value is -4.01. The zero-order valence-corrected chi connectivity index (χ0v) is 18.4. The zero-order chi connectivity index (χ0) is 23.8. The lowest BCUT2D eigenvalue weighted by Gasteiger charge is -2.42. The second kappa shape index (κ2) is 8.74. The lowest BCUT2D eigenvalue weighted by atomic mass is 10.1. The minimum absolute atomic E-state index is 0.00190. The predicted octanol–water partition coefficient (Wildman–Crippen LogP) is 1.92. The molecule has 0 radical (unpaired) electrons. The van der Waals surface area contributed by atoms with Crippen LogP contribution in [-0.4, -0.2) is 63.1 Å². The van der Waals surface area contributed by atoms with Gasteiger partial charge in [-0.15, -0.1) is 0 Å². The summed E-state index contributed by atoms with van der Waals surface area (Å²) in [5.74, 6) is -2.72. The Kier molecular flexibility index (Phi) is 5.61. The average molecular weight is 461 g/mol. The van der Waals surface area contributed by atoms with Crippen molar-refractivity contribution < 1.29 is 28.7 Å². The highest BCUT2D eigenvalue weighted by Gasteiger charge is 2.50. The fourth-order valence-corrected chi connectivity index (χ4v) is 4.79. The topological polar surface area (TPSA) is 104 Å². The number of hydrogen-bond acceptors (Lipinski definition) is 6. The van der Waals surface area contributed by atoms with Crippen LogP contribution in [0.2, 0.25) is 0 Å². The molecule has 0 aromatic heterocycles. The van der Waals surface area contributed by atoms with Crippen LogP contribution in [0, 0.1) is 0 Å². The summed E-state index contributed by atoms with van der Waals surface area (Å²) in [5, 5.41) is 2.40. The first-order chi connectivity index (χ1) is 16.5. The summed E-state index contributed by atoms with van der Waals surface area (Å²) in [6.45, 7) is 0.315. The molecule has 9 heteroatoms. The third-order valence-electron chi connectivity index (χ3n) is 6.47. The molecule has 4 amide bonds. The van der Waals surface area contributed by atoms with Gasteiger partial charge in [-0.3, -0.25) is 29.1 Å². The summed E-state index contributed by atoms with van der Waals surface area (Å²) in [6, 6.07) is 13.3. The van der Waals surface area contributed by atoms with Gasteiger partial charge in [-0.05, 0) is 37.0 Å². The number of carbonyl (C=O) groups is 5. The van der Waals surface area contributed by atoms with Crippen LogP contribution in [0.5, 0.6) is 0 Å². The monoisotopic (exact) mass is 461 g/mol. The van der Waals surface area contributed by atoms with E-state index in [-0.39, 0.29) is 43.0 Å². The molecule has 0 N–H and O–H groups in total. The third kappa shape index (κ3) is 3.63. The van der Waals surface area contributed by atoms with Gasteiger partial charge in [-0.25, -0.2) is 9.80 Å². The van der Waals surface area contributed by atoms with Crippen LogP contribution in [0.4, 0.5) is 0 Å². The molecular weight excluding hydrogens is 438 g/mol. The molecule has 2 saturated heterocycles. The first-order valence-corrected chi connectivity index (χ1v) is 11.3. The van der Waals surface area contributed by atoms with E-state index in [2.05, 4.69) is 0 Å². The van der Waals surface area contributed by atoms with Crippen molar-refractivity contribution in [3.05, 3.63) is 71.3 Å². The fraction of sp³-hybridized carbons (Fsp3) is 0.320. The van der Waals surface area contributed by atoms with Crippen LogP contribution < -0.4 is 0 Å². The highest BCUT2D eigenvalue weighted by molar-refractivity contribution is 6.23. The Balaban J connectivity index is 1.42. The molecule has 0 bridgehead atoms. The molecule has 0 saturated carbocycles. The van der Waals surface area contributed by atoms with Crippen molar-refractivity contribution in [2.24, 2.45) is 0 Å². The van der Waals surface area contributed by atoms with Crippen molar-refractivity contribution in [3.63, 3.8) is 0 Å². The molecule has 2 aromatic carbocycles. The molecule has 3 aliphatic rings. The maximum Gasteiger partial charge on any atom is 0.331 e. The molecule has 2 fully saturated rings. The number of rotatable bonds is 4. The first kappa shape index (κ1) is 21.8. The van der Waals surface area contributed by atoms with Crippen molar-refractivity contribution in [1.29, 1.82) is 0 Å². The Morgan fingerprint density at radius 2 is 1.53 bits per heavy atom.